The first-order valence-corrected chi connectivity index (χ1v) is 4.98. The van der Waals surface area contributed by atoms with Gasteiger partial charge < -0.3 is 0 Å². The van der Waals surface area contributed by atoms with Gasteiger partial charge in [0.25, 0.3) is 0 Å². The van der Waals surface area contributed by atoms with E-state index in [4.69, 9.17) is 0 Å². The summed E-state index contributed by atoms with van der Waals surface area (Å²) < 4.78 is 0. The molecule has 0 aliphatic rings. The van der Waals surface area contributed by atoms with Crippen LogP contribution in [0.1, 0.15) is 36.3 Å². The van der Waals surface area contributed by atoms with Crippen LogP contribution < -0.4 is 0 Å². The second kappa shape index (κ2) is 5.30. The van der Waals surface area contributed by atoms with Crippen molar-refractivity contribution in [1.82, 2.24) is 4.98 Å². The van der Waals surface area contributed by atoms with E-state index in [0.29, 0.717) is 0 Å². The highest BCUT2D eigenvalue weighted by atomic mass is 32.1. The van der Waals surface area contributed by atoms with E-state index >= 15 is 0 Å². The SMILES string of the molecule is CC.CCc1nc(C)sc1C. The average molecular weight is 171 g/mol. The third-order valence-corrected chi connectivity index (χ3v) is 2.26. The van der Waals surface area contributed by atoms with Crippen LogP contribution in [0.15, 0.2) is 0 Å². The van der Waals surface area contributed by atoms with Crippen LogP contribution in [0.25, 0.3) is 0 Å². The van der Waals surface area contributed by atoms with Crippen LogP contribution in [0.5, 0.6) is 0 Å². The number of rotatable bonds is 1. The van der Waals surface area contributed by atoms with E-state index in [2.05, 4.69) is 25.8 Å². The third kappa shape index (κ3) is 3.02. The van der Waals surface area contributed by atoms with Crippen molar-refractivity contribution in [3.63, 3.8) is 0 Å². The Morgan fingerprint density at radius 3 is 2.00 bits per heavy atom. The van der Waals surface area contributed by atoms with E-state index in [0.717, 1.165) is 6.42 Å². The van der Waals surface area contributed by atoms with Gasteiger partial charge in [-0.15, -0.1) is 11.3 Å². The first-order chi connectivity index (χ1) is 5.24. The lowest BCUT2D eigenvalue weighted by Crippen LogP contribution is -1.81. The molecular weight excluding hydrogens is 154 g/mol. The van der Waals surface area contributed by atoms with E-state index < -0.39 is 0 Å². The first-order valence-electron chi connectivity index (χ1n) is 4.17. The highest BCUT2D eigenvalue weighted by molar-refractivity contribution is 7.11. The lowest BCUT2D eigenvalue weighted by Gasteiger charge is -1.85. The molecule has 0 fully saturated rings. The van der Waals surface area contributed by atoms with Gasteiger partial charge in [-0.3, -0.25) is 0 Å². The molecule has 2 heteroatoms. The molecule has 0 aliphatic carbocycles. The summed E-state index contributed by atoms with van der Waals surface area (Å²) in [7, 11) is 0. The van der Waals surface area contributed by atoms with Crippen LogP contribution in [0.4, 0.5) is 0 Å². The number of hydrogen-bond acceptors (Lipinski definition) is 2. The molecule has 64 valence electrons. The van der Waals surface area contributed by atoms with E-state index in [1.807, 2.05) is 13.8 Å². The van der Waals surface area contributed by atoms with Crippen LogP contribution in [-0.4, -0.2) is 4.98 Å². The number of hydrogen-bond donors (Lipinski definition) is 0. The molecule has 0 aromatic carbocycles. The topological polar surface area (TPSA) is 12.9 Å². The molecule has 0 saturated carbocycles. The van der Waals surface area contributed by atoms with E-state index in [1.54, 1.807) is 11.3 Å². The molecule has 11 heavy (non-hydrogen) atoms. The molecule has 0 radical (unpaired) electrons. The van der Waals surface area contributed by atoms with Crippen molar-refractivity contribution in [2.75, 3.05) is 0 Å². The summed E-state index contributed by atoms with van der Waals surface area (Å²) >= 11 is 1.78. The fraction of sp³-hybridized carbons (Fsp3) is 0.667. The highest BCUT2D eigenvalue weighted by Crippen LogP contribution is 2.15. The zero-order valence-electron chi connectivity index (χ0n) is 8.06. The number of nitrogens with zero attached hydrogens (tertiary/aromatic N) is 1. The second-order valence-corrected chi connectivity index (χ2v) is 3.50. The van der Waals surface area contributed by atoms with Crippen molar-refractivity contribution in [2.24, 2.45) is 0 Å². The van der Waals surface area contributed by atoms with Crippen molar-refractivity contribution >= 4 is 11.3 Å². The fourth-order valence-corrected chi connectivity index (χ4v) is 1.81. The predicted octanol–water partition coefficient (Wildman–Crippen LogP) is 3.35. The number of thiazole rings is 1. The van der Waals surface area contributed by atoms with Crippen molar-refractivity contribution in [3.05, 3.63) is 15.6 Å². The molecule has 0 atom stereocenters. The molecule has 1 aromatic heterocycles. The summed E-state index contributed by atoms with van der Waals surface area (Å²) in [5, 5.41) is 1.18. The smallest absolute Gasteiger partial charge is 0.0900 e. The molecule has 1 rings (SSSR count). The standard InChI is InChI=1S/C7H11NS.C2H6/c1-4-7-5(2)9-6(3)8-7;1-2/h4H2,1-3H3;1-2H3. The number of aryl methyl sites for hydroxylation is 3. The van der Waals surface area contributed by atoms with Gasteiger partial charge in [-0.1, -0.05) is 20.8 Å². The third-order valence-electron chi connectivity index (χ3n) is 1.33. The van der Waals surface area contributed by atoms with Gasteiger partial charge in [0.15, 0.2) is 0 Å². The normalized spacial score (nSPS) is 8.82. The van der Waals surface area contributed by atoms with Crippen LogP contribution in [0.2, 0.25) is 0 Å². The average Bonchev–Trinajstić information content (AvgIpc) is 2.33. The Kier molecular flexibility index (Phi) is 5.12. The quantitative estimate of drug-likeness (QED) is 0.631. The lowest BCUT2D eigenvalue weighted by atomic mass is 10.3. The fourth-order valence-electron chi connectivity index (χ4n) is 0.900. The van der Waals surface area contributed by atoms with E-state index in [1.165, 1.54) is 15.6 Å². The Morgan fingerprint density at radius 2 is 1.82 bits per heavy atom. The monoisotopic (exact) mass is 171 g/mol. The van der Waals surface area contributed by atoms with Crippen LogP contribution >= 0.6 is 11.3 Å². The largest absolute Gasteiger partial charge is 0.246 e. The summed E-state index contributed by atoms with van der Waals surface area (Å²) in [5.74, 6) is 0. The van der Waals surface area contributed by atoms with Gasteiger partial charge in [-0.2, -0.15) is 0 Å². The van der Waals surface area contributed by atoms with Gasteiger partial charge >= 0.3 is 0 Å². The minimum atomic E-state index is 1.07. The van der Waals surface area contributed by atoms with Gasteiger partial charge in [-0.25, -0.2) is 4.98 Å². The van der Waals surface area contributed by atoms with Crippen molar-refractivity contribution < 1.29 is 0 Å². The molecular formula is C9H17NS. The molecule has 0 N–H and O–H groups in total. The highest BCUT2D eigenvalue weighted by Gasteiger charge is 1.99. The second-order valence-electron chi connectivity index (χ2n) is 2.09. The number of aromatic nitrogens is 1. The van der Waals surface area contributed by atoms with Crippen LogP contribution in [0, 0.1) is 13.8 Å². The maximum atomic E-state index is 4.35. The van der Waals surface area contributed by atoms with Crippen LogP contribution in [-0.2, 0) is 6.42 Å². The predicted molar refractivity (Wildman–Crippen MR) is 52.3 cm³/mol. The zero-order chi connectivity index (χ0) is 8.85. The van der Waals surface area contributed by atoms with Crippen molar-refractivity contribution in [2.45, 2.75) is 41.0 Å². The van der Waals surface area contributed by atoms with E-state index in [-0.39, 0.29) is 0 Å². The Hall–Kier alpha value is -0.370. The molecule has 0 saturated heterocycles. The Bertz CT molecular complexity index is 203. The van der Waals surface area contributed by atoms with Gasteiger partial charge in [0.2, 0.25) is 0 Å². The molecule has 0 aliphatic heterocycles. The summed E-state index contributed by atoms with van der Waals surface area (Å²) in [5.41, 5.74) is 1.26. The summed E-state index contributed by atoms with van der Waals surface area (Å²) in [6.07, 6.45) is 1.07. The summed E-state index contributed by atoms with van der Waals surface area (Å²) in [6.45, 7) is 10.3. The van der Waals surface area contributed by atoms with Crippen LogP contribution in [0.3, 0.4) is 0 Å². The molecule has 0 bridgehead atoms. The van der Waals surface area contributed by atoms with Gasteiger partial charge in [0.1, 0.15) is 0 Å². The van der Waals surface area contributed by atoms with Crippen molar-refractivity contribution in [3.8, 4) is 0 Å². The molecule has 1 nitrogen and oxygen atoms in total. The van der Waals surface area contributed by atoms with E-state index in [9.17, 15) is 0 Å². The summed E-state index contributed by atoms with van der Waals surface area (Å²) in [6, 6.07) is 0. The molecule has 0 spiro atoms. The minimum absolute atomic E-state index is 1.07. The summed E-state index contributed by atoms with van der Waals surface area (Å²) in [4.78, 5) is 5.72. The van der Waals surface area contributed by atoms with Gasteiger partial charge in [-0.05, 0) is 20.3 Å². The van der Waals surface area contributed by atoms with Crippen molar-refractivity contribution in [1.29, 1.82) is 0 Å². The minimum Gasteiger partial charge on any atom is -0.246 e. The molecule has 0 amide bonds. The molecule has 1 heterocycles. The Morgan fingerprint density at radius 1 is 1.27 bits per heavy atom. The Labute approximate surface area is 73.5 Å². The molecule has 0 unspecified atom stereocenters. The van der Waals surface area contributed by atoms with Gasteiger partial charge in [0, 0.05) is 4.88 Å². The lowest BCUT2D eigenvalue weighted by molar-refractivity contribution is 1.03. The first kappa shape index (κ1) is 10.6. The zero-order valence-corrected chi connectivity index (χ0v) is 8.88. The van der Waals surface area contributed by atoms with Gasteiger partial charge in [0.05, 0.1) is 10.7 Å². The molecule has 1 aromatic rings. The Balaban J connectivity index is 0.000000461. The maximum Gasteiger partial charge on any atom is 0.0900 e. The maximum absolute atomic E-state index is 4.35.